The van der Waals surface area contributed by atoms with E-state index in [-0.39, 0.29) is 5.91 Å². The molecular formula is C18H24N2O4. The highest BCUT2D eigenvalue weighted by Gasteiger charge is 2.15. The smallest absolute Gasteiger partial charge is 0.325 e. The summed E-state index contributed by atoms with van der Waals surface area (Å²) in [4.78, 5) is 35.8. The molecule has 1 atom stereocenters. The van der Waals surface area contributed by atoms with Crippen molar-refractivity contribution >= 4 is 23.9 Å². The molecule has 0 aliphatic heterocycles. The average molecular weight is 332 g/mol. The molecule has 1 aromatic rings. The number of allylic oxidation sites excluding steroid dienone is 1. The first-order valence-electron chi connectivity index (χ1n) is 7.81. The summed E-state index contributed by atoms with van der Waals surface area (Å²) in [5, 5.41) is 11.2. The summed E-state index contributed by atoms with van der Waals surface area (Å²) in [6, 6.07) is 6.00. The number of aliphatic carboxylic acids is 1. The van der Waals surface area contributed by atoms with E-state index in [1.807, 2.05) is 18.2 Å². The second-order valence-electron chi connectivity index (χ2n) is 5.74. The van der Waals surface area contributed by atoms with Gasteiger partial charge in [0.15, 0.2) is 0 Å². The Hall–Kier alpha value is -2.63. The molecule has 2 N–H and O–H groups in total. The van der Waals surface area contributed by atoms with Gasteiger partial charge in [0.1, 0.15) is 6.04 Å². The third-order valence-electron chi connectivity index (χ3n) is 3.44. The van der Waals surface area contributed by atoms with E-state index >= 15 is 0 Å². The predicted octanol–water partition coefficient (Wildman–Crippen LogP) is 2.16. The van der Waals surface area contributed by atoms with E-state index in [0.717, 1.165) is 18.4 Å². The maximum atomic E-state index is 12.0. The van der Waals surface area contributed by atoms with Crippen LogP contribution in [0.1, 0.15) is 42.1 Å². The standard InChI is InChI=1S/C18H24N2O4/c1-13(18(23)24)19-17(22)15-10-7-9-14(12-15)8-5-4-6-11-16(21)20(2)3/h5,7-10,12-13H,4,6,11H2,1-3H3,(H,19,22)(H,23,24)/b8-5-/t13-/m0/s1. The number of carboxylic acid groups (broad SMARTS) is 1. The summed E-state index contributed by atoms with van der Waals surface area (Å²) in [5.41, 5.74) is 1.26. The molecule has 24 heavy (non-hydrogen) atoms. The van der Waals surface area contributed by atoms with Crippen LogP contribution in [0.4, 0.5) is 0 Å². The van der Waals surface area contributed by atoms with Gasteiger partial charge < -0.3 is 15.3 Å². The number of benzene rings is 1. The van der Waals surface area contributed by atoms with Gasteiger partial charge in [-0.05, 0) is 37.5 Å². The van der Waals surface area contributed by atoms with Gasteiger partial charge >= 0.3 is 5.97 Å². The summed E-state index contributed by atoms with van der Waals surface area (Å²) in [7, 11) is 3.47. The summed E-state index contributed by atoms with van der Waals surface area (Å²) < 4.78 is 0. The lowest BCUT2D eigenvalue weighted by Crippen LogP contribution is -2.38. The monoisotopic (exact) mass is 332 g/mol. The Morgan fingerprint density at radius 3 is 2.62 bits per heavy atom. The Labute approximate surface area is 142 Å². The zero-order valence-corrected chi connectivity index (χ0v) is 14.3. The second-order valence-corrected chi connectivity index (χ2v) is 5.74. The molecule has 0 fully saturated rings. The SMILES string of the molecule is C[C@H](NC(=O)c1cccc(/C=C\CCCC(=O)N(C)C)c1)C(=O)O. The minimum atomic E-state index is -1.08. The number of hydrogen-bond donors (Lipinski definition) is 2. The van der Waals surface area contributed by atoms with Crippen molar-refractivity contribution in [3.8, 4) is 0 Å². The van der Waals surface area contributed by atoms with Crippen LogP contribution in [0.25, 0.3) is 6.08 Å². The topological polar surface area (TPSA) is 86.7 Å². The average Bonchev–Trinajstić information content (AvgIpc) is 2.54. The van der Waals surface area contributed by atoms with Crippen molar-refractivity contribution in [1.29, 1.82) is 0 Å². The fraction of sp³-hybridized carbons (Fsp3) is 0.389. The predicted molar refractivity (Wildman–Crippen MR) is 92.6 cm³/mol. The van der Waals surface area contributed by atoms with Crippen molar-refractivity contribution in [2.75, 3.05) is 14.1 Å². The van der Waals surface area contributed by atoms with Gasteiger partial charge in [-0.3, -0.25) is 14.4 Å². The zero-order valence-electron chi connectivity index (χ0n) is 14.3. The Morgan fingerprint density at radius 1 is 1.29 bits per heavy atom. The van der Waals surface area contributed by atoms with Crippen LogP contribution in [0.15, 0.2) is 30.3 Å². The van der Waals surface area contributed by atoms with E-state index in [4.69, 9.17) is 5.11 Å². The normalized spacial score (nSPS) is 12.0. The van der Waals surface area contributed by atoms with E-state index < -0.39 is 17.9 Å². The number of carbonyl (C=O) groups is 3. The molecule has 1 rings (SSSR count). The molecule has 0 aliphatic rings. The van der Waals surface area contributed by atoms with Gasteiger partial charge in [-0.1, -0.05) is 24.3 Å². The van der Waals surface area contributed by atoms with E-state index in [0.29, 0.717) is 12.0 Å². The molecule has 0 saturated carbocycles. The number of nitrogens with zero attached hydrogens (tertiary/aromatic N) is 1. The fourth-order valence-corrected chi connectivity index (χ4v) is 1.94. The van der Waals surface area contributed by atoms with Crippen LogP contribution in [0.5, 0.6) is 0 Å². The van der Waals surface area contributed by atoms with Gasteiger partial charge in [-0.25, -0.2) is 0 Å². The van der Waals surface area contributed by atoms with Crippen LogP contribution >= 0.6 is 0 Å². The van der Waals surface area contributed by atoms with Crippen molar-refractivity contribution in [3.63, 3.8) is 0 Å². The summed E-state index contributed by atoms with van der Waals surface area (Å²) in [6.45, 7) is 1.42. The fourth-order valence-electron chi connectivity index (χ4n) is 1.94. The van der Waals surface area contributed by atoms with Crippen LogP contribution in [0.2, 0.25) is 0 Å². The number of hydrogen-bond acceptors (Lipinski definition) is 3. The third kappa shape index (κ3) is 6.64. The van der Waals surface area contributed by atoms with Crippen LogP contribution in [0, 0.1) is 0 Å². The molecular weight excluding hydrogens is 308 g/mol. The molecule has 0 saturated heterocycles. The molecule has 130 valence electrons. The van der Waals surface area contributed by atoms with Crippen LogP contribution < -0.4 is 5.32 Å². The Bertz CT molecular complexity index is 623. The van der Waals surface area contributed by atoms with E-state index in [1.54, 1.807) is 37.2 Å². The molecule has 2 amide bonds. The quantitative estimate of drug-likeness (QED) is 0.714. The molecule has 0 bridgehead atoms. The number of unbranched alkanes of at least 4 members (excludes halogenated alkanes) is 1. The first-order chi connectivity index (χ1) is 11.3. The van der Waals surface area contributed by atoms with Gasteiger partial charge in [-0.2, -0.15) is 0 Å². The summed E-state index contributed by atoms with van der Waals surface area (Å²) in [6.07, 6.45) is 5.89. The molecule has 0 aromatic heterocycles. The van der Waals surface area contributed by atoms with Gasteiger partial charge in [0.25, 0.3) is 5.91 Å². The summed E-state index contributed by atoms with van der Waals surface area (Å²) in [5.74, 6) is -1.39. The van der Waals surface area contributed by atoms with Gasteiger partial charge in [0, 0.05) is 26.1 Å². The van der Waals surface area contributed by atoms with Crippen LogP contribution in [-0.2, 0) is 9.59 Å². The molecule has 6 nitrogen and oxygen atoms in total. The minimum Gasteiger partial charge on any atom is -0.480 e. The van der Waals surface area contributed by atoms with E-state index in [1.165, 1.54) is 6.92 Å². The molecule has 0 aliphatic carbocycles. The van der Waals surface area contributed by atoms with Crippen LogP contribution in [0.3, 0.4) is 0 Å². The van der Waals surface area contributed by atoms with Gasteiger partial charge in [0.05, 0.1) is 0 Å². The largest absolute Gasteiger partial charge is 0.480 e. The Kier molecular flexibility index (Phi) is 7.68. The van der Waals surface area contributed by atoms with Crippen molar-refractivity contribution < 1.29 is 19.5 Å². The zero-order chi connectivity index (χ0) is 18.1. The molecule has 0 unspecified atom stereocenters. The maximum Gasteiger partial charge on any atom is 0.325 e. The lowest BCUT2D eigenvalue weighted by Gasteiger charge is -2.09. The van der Waals surface area contributed by atoms with E-state index in [2.05, 4.69) is 5.32 Å². The third-order valence-corrected chi connectivity index (χ3v) is 3.44. The number of carboxylic acids is 1. The number of nitrogens with one attached hydrogen (secondary N) is 1. The summed E-state index contributed by atoms with van der Waals surface area (Å²) >= 11 is 0. The van der Waals surface area contributed by atoms with E-state index in [9.17, 15) is 14.4 Å². The molecule has 0 heterocycles. The Morgan fingerprint density at radius 2 is 2.00 bits per heavy atom. The number of carbonyl (C=O) groups excluding carboxylic acids is 2. The highest BCUT2D eigenvalue weighted by atomic mass is 16.4. The van der Waals surface area contributed by atoms with Gasteiger partial charge in [-0.15, -0.1) is 0 Å². The highest BCUT2D eigenvalue weighted by molar-refractivity contribution is 5.96. The highest BCUT2D eigenvalue weighted by Crippen LogP contribution is 2.09. The molecule has 0 radical (unpaired) electrons. The van der Waals surface area contributed by atoms with Crippen molar-refractivity contribution in [3.05, 3.63) is 41.5 Å². The second kappa shape index (κ2) is 9.50. The Balaban J connectivity index is 2.56. The first kappa shape index (κ1) is 19.4. The molecule has 0 spiro atoms. The molecule has 6 heteroatoms. The molecule has 1 aromatic carbocycles. The minimum absolute atomic E-state index is 0.106. The first-order valence-corrected chi connectivity index (χ1v) is 7.81. The van der Waals surface area contributed by atoms with Crippen LogP contribution in [-0.4, -0.2) is 47.9 Å². The number of amides is 2. The number of rotatable bonds is 8. The van der Waals surface area contributed by atoms with Crippen molar-refractivity contribution in [2.24, 2.45) is 0 Å². The lowest BCUT2D eigenvalue weighted by molar-refractivity contribution is -0.138. The van der Waals surface area contributed by atoms with Crippen molar-refractivity contribution in [1.82, 2.24) is 10.2 Å². The lowest BCUT2D eigenvalue weighted by atomic mass is 10.1. The van der Waals surface area contributed by atoms with Gasteiger partial charge in [0.2, 0.25) is 5.91 Å². The van der Waals surface area contributed by atoms with Crippen molar-refractivity contribution in [2.45, 2.75) is 32.2 Å². The maximum absolute atomic E-state index is 12.0.